The zero-order valence-electron chi connectivity index (χ0n) is 13.2. The van der Waals surface area contributed by atoms with Crippen LogP contribution in [-0.4, -0.2) is 41.2 Å². The maximum atomic E-state index is 12.1. The fourth-order valence-corrected chi connectivity index (χ4v) is 2.51. The minimum absolute atomic E-state index is 0.400. The van der Waals surface area contributed by atoms with Gasteiger partial charge in [-0.05, 0) is 5.56 Å². The average Bonchev–Trinajstić information content (AvgIpc) is 2.59. The highest BCUT2D eigenvalue weighted by atomic mass is 16.5. The van der Waals surface area contributed by atoms with Crippen molar-refractivity contribution in [2.45, 2.75) is 6.54 Å². The van der Waals surface area contributed by atoms with Gasteiger partial charge in [-0.15, -0.1) is 0 Å². The second kappa shape index (κ2) is 7.65. The second-order valence-corrected chi connectivity index (χ2v) is 5.52. The normalized spacial score (nSPS) is 16.4. The minimum Gasteiger partial charge on any atom is -0.386 e. The van der Waals surface area contributed by atoms with Crippen LogP contribution in [0.25, 0.3) is 12.4 Å². The van der Waals surface area contributed by atoms with Crippen LogP contribution in [0, 0.1) is 0 Å². The number of morpholine rings is 1. The van der Waals surface area contributed by atoms with E-state index >= 15 is 0 Å². The summed E-state index contributed by atoms with van der Waals surface area (Å²) >= 11 is 0. The number of nitrogens with zero attached hydrogens (tertiary/aromatic N) is 1. The summed E-state index contributed by atoms with van der Waals surface area (Å²) in [5, 5.41) is 4.02. The third kappa shape index (κ3) is 4.14. The van der Waals surface area contributed by atoms with Crippen LogP contribution in [0.2, 0.25) is 0 Å². The highest BCUT2D eigenvalue weighted by molar-refractivity contribution is 5.26. The topological polar surface area (TPSA) is 90.2 Å². The Morgan fingerprint density at radius 3 is 2.62 bits per heavy atom. The van der Waals surface area contributed by atoms with Crippen LogP contribution >= 0.6 is 0 Å². The molecule has 2 heterocycles. The van der Waals surface area contributed by atoms with Crippen molar-refractivity contribution in [3.8, 4) is 0 Å². The number of ether oxygens (including phenoxy) is 1. The predicted octanol–water partition coefficient (Wildman–Crippen LogP) is -1.34. The van der Waals surface area contributed by atoms with Crippen molar-refractivity contribution in [3.05, 3.63) is 67.3 Å². The molecule has 0 atom stereocenters. The van der Waals surface area contributed by atoms with E-state index in [0.717, 1.165) is 18.7 Å². The second-order valence-electron chi connectivity index (χ2n) is 5.52. The lowest BCUT2D eigenvalue weighted by atomic mass is 10.2. The largest absolute Gasteiger partial charge is 0.386 e. The third-order valence-electron chi connectivity index (χ3n) is 3.76. The van der Waals surface area contributed by atoms with Gasteiger partial charge in [-0.3, -0.25) is 9.78 Å². The molecule has 24 heavy (non-hydrogen) atoms. The van der Waals surface area contributed by atoms with Crippen molar-refractivity contribution in [2.75, 3.05) is 26.3 Å². The van der Waals surface area contributed by atoms with E-state index in [4.69, 9.17) is 4.74 Å². The van der Waals surface area contributed by atoms with Crippen molar-refractivity contribution in [3.63, 3.8) is 0 Å². The van der Waals surface area contributed by atoms with Gasteiger partial charge in [0.05, 0.1) is 23.8 Å². The zero-order valence-corrected chi connectivity index (χ0v) is 13.2. The van der Waals surface area contributed by atoms with E-state index in [1.165, 1.54) is 0 Å². The van der Waals surface area contributed by atoms with E-state index in [-0.39, 0.29) is 0 Å². The van der Waals surface area contributed by atoms with Crippen LogP contribution in [0.15, 0.2) is 39.9 Å². The molecule has 0 radical (unpaired) electrons. The first kappa shape index (κ1) is 16.1. The molecule has 0 spiro atoms. The molecule has 1 aliphatic heterocycles. The molecule has 126 valence electrons. The number of hydrogen-bond acceptors (Lipinski definition) is 5. The molecule has 0 amide bonds. The Kier molecular flexibility index (Phi) is 5.12. The van der Waals surface area contributed by atoms with Gasteiger partial charge in [-0.1, -0.05) is 30.3 Å². The molecular weight excluding hydrogens is 308 g/mol. The molecule has 1 saturated heterocycles. The highest BCUT2D eigenvalue weighted by Gasteiger charge is 2.06. The average molecular weight is 328 g/mol. The van der Waals surface area contributed by atoms with Gasteiger partial charge in [0.25, 0.3) is 5.56 Å². The molecule has 1 aromatic carbocycles. The molecule has 3 N–H and O–H groups in total. The zero-order chi connectivity index (χ0) is 16.8. The van der Waals surface area contributed by atoms with Crippen molar-refractivity contribution >= 4 is 12.4 Å². The van der Waals surface area contributed by atoms with Crippen LogP contribution in [0.5, 0.6) is 0 Å². The Morgan fingerprint density at radius 2 is 1.88 bits per heavy atom. The van der Waals surface area contributed by atoms with Crippen LogP contribution in [0.3, 0.4) is 0 Å². The number of nitrogens with one attached hydrogen (secondary N) is 3. The maximum Gasteiger partial charge on any atom is 0.326 e. The summed E-state index contributed by atoms with van der Waals surface area (Å²) in [6.45, 7) is 3.32. The summed E-state index contributed by atoms with van der Waals surface area (Å²) in [5.74, 6) is 0. The smallest absolute Gasteiger partial charge is 0.326 e. The minimum atomic E-state index is -0.514. The molecule has 1 aromatic heterocycles. The van der Waals surface area contributed by atoms with Gasteiger partial charge in [-0.25, -0.2) is 4.79 Å². The molecule has 2 aromatic rings. The first-order valence-corrected chi connectivity index (χ1v) is 7.86. The van der Waals surface area contributed by atoms with Gasteiger partial charge in [0.15, 0.2) is 0 Å². The number of benzene rings is 1. The van der Waals surface area contributed by atoms with E-state index in [9.17, 15) is 9.59 Å². The lowest BCUT2D eigenvalue weighted by Crippen LogP contribution is -2.50. The Balaban J connectivity index is 1.91. The van der Waals surface area contributed by atoms with E-state index in [2.05, 4.69) is 15.3 Å². The molecule has 0 saturated carbocycles. The SMILES string of the molecule is O=c1[nH]c(=O)c(=C\NCc2ccccc2)/c(=C\N2CCOCC2)[nH]1. The van der Waals surface area contributed by atoms with Gasteiger partial charge in [0, 0.05) is 32.0 Å². The Bertz CT molecular complexity index is 896. The number of aromatic nitrogens is 2. The van der Waals surface area contributed by atoms with Gasteiger partial charge in [-0.2, -0.15) is 0 Å². The maximum absolute atomic E-state index is 12.1. The van der Waals surface area contributed by atoms with E-state index in [1.807, 2.05) is 35.2 Å². The van der Waals surface area contributed by atoms with Crippen LogP contribution in [-0.2, 0) is 11.3 Å². The first-order valence-electron chi connectivity index (χ1n) is 7.86. The fraction of sp³-hybridized carbons (Fsp3) is 0.294. The first-order chi connectivity index (χ1) is 11.7. The number of aromatic amines is 2. The Morgan fingerprint density at radius 1 is 1.12 bits per heavy atom. The van der Waals surface area contributed by atoms with Crippen LogP contribution < -0.4 is 27.1 Å². The molecule has 0 aliphatic carbocycles. The molecule has 0 unspecified atom stereocenters. The molecule has 1 aliphatic rings. The number of hydrogen-bond donors (Lipinski definition) is 3. The van der Waals surface area contributed by atoms with Crippen LogP contribution in [0.4, 0.5) is 0 Å². The summed E-state index contributed by atoms with van der Waals surface area (Å²) in [6.07, 6.45) is 3.43. The van der Waals surface area contributed by atoms with Crippen LogP contribution in [0.1, 0.15) is 5.56 Å². The van der Waals surface area contributed by atoms with Crippen molar-refractivity contribution in [1.82, 2.24) is 20.2 Å². The van der Waals surface area contributed by atoms with Gasteiger partial charge in [0.2, 0.25) is 0 Å². The molecule has 1 fully saturated rings. The lowest BCUT2D eigenvalue weighted by Gasteiger charge is -2.24. The summed E-state index contributed by atoms with van der Waals surface area (Å²) in [5.41, 5.74) is 0.173. The quantitative estimate of drug-likeness (QED) is 0.646. The van der Waals surface area contributed by atoms with Gasteiger partial charge >= 0.3 is 5.69 Å². The molecule has 3 rings (SSSR count). The summed E-state index contributed by atoms with van der Waals surface area (Å²) in [4.78, 5) is 30.7. The van der Waals surface area contributed by atoms with Crippen molar-refractivity contribution in [2.24, 2.45) is 0 Å². The number of rotatable bonds is 4. The van der Waals surface area contributed by atoms with E-state index < -0.39 is 11.2 Å². The monoisotopic (exact) mass is 328 g/mol. The Labute approximate surface area is 138 Å². The van der Waals surface area contributed by atoms with E-state index in [1.54, 1.807) is 12.4 Å². The summed E-state index contributed by atoms with van der Waals surface area (Å²) in [6, 6.07) is 9.87. The van der Waals surface area contributed by atoms with E-state index in [0.29, 0.717) is 30.3 Å². The van der Waals surface area contributed by atoms with Crippen molar-refractivity contribution in [1.29, 1.82) is 0 Å². The molecule has 0 bridgehead atoms. The van der Waals surface area contributed by atoms with Gasteiger partial charge < -0.3 is 19.9 Å². The summed E-state index contributed by atoms with van der Waals surface area (Å²) < 4.78 is 5.31. The molecule has 7 nitrogen and oxygen atoms in total. The highest BCUT2D eigenvalue weighted by Crippen LogP contribution is 1.97. The molecular formula is C17H20N4O3. The molecule has 7 heteroatoms. The third-order valence-corrected chi connectivity index (χ3v) is 3.76. The van der Waals surface area contributed by atoms with Crippen molar-refractivity contribution < 1.29 is 4.74 Å². The standard InChI is InChI=1S/C17H20N4O3/c22-16-14(11-18-10-13-4-2-1-3-5-13)15(19-17(23)20-16)12-21-6-8-24-9-7-21/h1-5,11-12,18H,6-10H2,(H2,19,20,22,23)/b14-11-,15-12+. The fourth-order valence-electron chi connectivity index (χ4n) is 2.51. The number of H-pyrrole nitrogens is 2. The lowest BCUT2D eigenvalue weighted by molar-refractivity contribution is 0.0662. The predicted molar refractivity (Wildman–Crippen MR) is 91.5 cm³/mol. The van der Waals surface area contributed by atoms with Gasteiger partial charge in [0.1, 0.15) is 0 Å². The summed E-state index contributed by atoms with van der Waals surface area (Å²) in [7, 11) is 0. The Hall–Kier alpha value is -2.80.